The van der Waals surface area contributed by atoms with Crippen LogP contribution in [0.2, 0.25) is 0 Å². The molecule has 0 saturated carbocycles. The quantitative estimate of drug-likeness (QED) is 0.764. The third-order valence-electron chi connectivity index (χ3n) is 3.06. The van der Waals surface area contributed by atoms with E-state index in [0.29, 0.717) is 5.56 Å². The number of hydrogen-bond acceptors (Lipinski definition) is 3. The average Bonchev–Trinajstić information content (AvgIpc) is 2.46. The van der Waals surface area contributed by atoms with Gasteiger partial charge < -0.3 is 5.73 Å². The van der Waals surface area contributed by atoms with Crippen LogP contribution in [0.1, 0.15) is 17.2 Å². The zero-order chi connectivity index (χ0) is 13.2. The highest BCUT2D eigenvalue weighted by Crippen LogP contribution is 2.22. The molecule has 0 aliphatic heterocycles. The van der Waals surface area contributed by atoms with Crippen LogP contribution in [0, 0.1) is 5.82 Å². The number of para-hydroxylation sites is 1. The summed E-state index contributed by atoms with van der Waals surface area (Å²) in [4.78, 5) is 8.17. The second kappa shape index (κ2) is 4.74. The Morgan fingerprint density at radius 3 is 2.63 bits per heavy atom. The molecule has 19 heavy (non-hydrogen) atoms. The standard InChI is InChI=1S/C15H12FN3/c16-13-6-12(7-18-9-13)15(17)11-5-10-3-1-2-4-14(10)19-8-11/h1-9,15H,17H2. The molecule has 0 spiro atoms. The van der Waals surface area contributed by atoms with Gasteiger partial charge in [-0.25, -0.2) is 4.39 Å². The van der Waals surface area contributed by atoms with Crippen molar-refractivity contribution in [3.8, 4) is 0 Å². The molecule has 2 heterocycles. The summed E-state index contributed by atoms with van der Waals surface area (Å²) in [7, 11) is 0. The topological polar surface area (TPSA) is 51.8 Å². The molecule has 0 amide bonds. The summed E-state index contributed by atoms with van der Waals surface area (Å²) in [5, 5.41) is 1.01. The fourth-order valence-electron chi connectivity index (χ4n) is 2.05. The molecule has 0 bridgehead atoms. The first-order chi connectivity index (χ1) is 9.24. The van der Waals surface area contributed by atoms with Crippen molar-refractivity contribution in [2.24, 2.45) is 5.73 Å². The molecule has 0 aliphatic carbocycles. The van der Waals surface area contributed by atoms with Crippen LogP contribution in [0.15, 0.2) is 55.0 Å². The molecular weight excluding hydrogens is 241 g/mol. The van der Waals surface area contributed by atoms with Crippen molar-refractivity contribution in [1.29, 1.82) is 0 Å². The van der Waals surface area contributed by atoms with E-state index in [-0.39, 0.29) is 5.82 Å². The maximum atomic E-state index is 13.2. The third kappa shape index (κ3) is 2.30. The molecule has 2 N–H and O–H groups in total. The lowest BCUT2D eigenvalue weighted by Gasteiger charge is -2.12. The normalized spacial score (nSPS) is 12.5. The molecule has 0 aliphatic rings. The van der Waals surface area contributed by atoms with Crippen molar-refractivity contribution in [1.82, 2.24) is 9.97 Å². The number of nitrogens with two attached hydrogens (primary N) is 1. The van der Waals surface area contributed by atoms with Gasteiger partial charge in [0.15, 0.2) is 0 Å². The smallest absolute Gasteiger partial charge is 0.141 e. The third-order valence-corrected chi connectivity index (χ3v) is 3.06. The minimum atomic E-state index is -0.430. The predicted molar refractivity (Wildman–Crippen MR) is 72.0 cm³/mol. The Labute approximate surface area is 109 Å². The molecule has 94 valence electrons. The minimum absolute atomic E-state index is 0.387. The van der Waals surface area contributed by atoms with Crippen molar-refractivity contribution in [3.05, 3.63) is 71.9 Å². The number of halogens is 1. The van der Waals surface area contributed by atoms with Gasteiger partial charge in [0.05, 0.1) is 17.8 Å². The number of hydrogen-bond donors (Lipinski definition) is 1. The number of rotatable bonds is 2. The summed E-state index contributed by atoms with van der Waals surface area (Å²) in [6.07, 6.45) is 4.45. The van der Waals surface area contributed by atoms with E-state index in [1.165, 1.54) is 6.07 Å². The van der Waals surface area contributed by atoms with Gasteiger partial charge in [0.1, 0.15) is 5.82 Å². The zero-order valence-corrected chi connectivity index (χ0v) is 10.1. The minimum Gasteiger partial charge on any atom is -0.320 e. The molecule has 3 nitrogen and oxygen atoms in total. The van der Waals surface area contributed by atoms with Gasteiger partial charge in [-0.3, -0.25) is 9.97 Å². The van der Waals surface area contributed by atoms with Gasteiger partial charge in [-0.2, -0.15) is 0 Å². The SMILES string of the molecule is NC(c1cncc(F)c1)c1cnc2ccccc2c1. The molecule has 0 saturated heterocycles. The van der Waals surface area contributed by atoms with Gasteiger partial charge in [0, 0.05) is 17.8 Å². The molecule has 1 unspecified atom stereocenters. The second-order valence-electron chi connectivity index (χ2n) is 4.38. The zero-order valence-electron chi connectivity index (χ0n) is 10.1. The number of aromatic nitrogens is 2. The summed E-state index contributed by atoms with van der Waals surface area (Å²) >= 11 is 0. The molecule has 4 heteroatoms. The van der Waals surface area contributed by atoms with E-state index in [0.717, 1.165) is 22.7 Å². The van der Waals surface area contributed by atoms with Crippen LogP contribution in [-0.2, 0) is 0 Å². The summed E-state index contributed by atoms with van der Waals surface area (Å²) in [6.45, 7) is 0. The van der Waals surface area contributed by atoms with E-state index < -0.39 is 6.04 Å². The van der Waals surface area contributed by atoms with E-state index in [9.17, 15) is 4.39 Å². The lowest BCUT2D eigenvalue weighted by atomic mass is 10.0. The van der Waals surface area contributed by atoms with Crippen LogP contribution in [-0.4, -0.2) is 9.97 Å². The summed E-state index contributed by atoms with van der Waals surface area (Å²) in [5.74, 6) is -0.387. The number of pyridine rings is 2. The van der Waals surface area contributed by atoms with Gasteiger partial charge in [-0.15, -0.1) is 0 Å². The molecule has 3 aromatic rings. The Bertz CT molecular complexity index is 727. The van der Waals surface area contributed by atoms with Gasteiger partial charge in [-0.1, -0.05) is 18.2 Å². The molecule has 1 atom stereocenters. The van der Waals surface area contributed by atoms with E-state index in [1.807, 2.05) is 30.3 Å². The average molecular weight is 253 g/mol. The summed E-state index contributed by atoms with van der Waals surface area (Å²) in [5.41, 5.74) is 8.52. The molecule has 0 radical (unpaired) electrons. The molecule has 0 fully saturated rings. The highest BCUT2D eigenvalue weighted by molar-refractivity contribution is 5.78. The lowest BCUT2D eigenvalue weighted by Crippen LogP contribution is -2.12. The maximum absolute atomic E-state index is 13.2. The predicted octanol–water partition coefficient (Wildman–Crippen LogP) is 2.82. The van der Waals surface area contributed by atoms with Crippen LogP contribution in [0.3, 0.4) is 0 Å². The number of fused-ring (bicyclic) bond motifs is 1. The molecule has 2 aromatic heterocycles. The lowest BCUT2D eigenvalue weighted by molar-refractivity contribution is 0.616. The molecule has 1 aromatic carbocycles. The fourth-order valence-corrected chi connectivity index (χ4v) is 2.05. The first kappa shape index (κ1) is 11.7. The van der Waals surface area contributed by atoms with Crippen LogP contribution >= 0.6 is 0 Å². The van der Waals surface area contributed by atoms with Crippen LogP contribution in [0.25, 0.3) is 10.9 Å². The second-order valence-corrected chi connectivity index (χ2v) is 4.38. The van der Waals surface area contributed by atoms with Gasteiger partial charge >= 0.3 is 0 Å². The largest absolute Gasteiger partial charge is 0.320 e. The van der Waals surface area contributed by atoms with Crippen molar-refractivity contribution >= 4 is 10.9 Å². The van der Waals surface area contributed by atoms with Crippen molar-refractivity contribution in [2.45, 2.75) is 6.04 Å². The van der Waals surface area contributed by atoms with Crippen molar-refractivity contribution in [3.63, 3.8) is 0 Å². The highest BCUT2D eigenvalue weighted by atomic mass is 19.1. The highest BCUT2D eigenvalue weighted by Gasteiger charge is 2.11. The first-order valence-corrected chi connectivity index (χ1v) is 5.95. The summed E-state index contributed by atoms with van der Waals surface area (Å²) in [6, 6.07) is 10.7. The fraction of sp³-hybridized carbons (Fsp3) is 0.0667. The van der Waals surface area contributed by atoms with Crippen LogP contribution < -0.4 is 5.73 Å². The van der Waals surface area contributed by atoms with E-state index in [1.54, 1.807) is 12.4 Å². The van der Waals surface area contributed by atoms with Crippen molar-refractivity contribution in [2.75, 3.05) is 0 Å². The molecular formula is C15H12FN3. The van der Waals surface area contributed by atoms with Gasteiger partial charge in [0.25, 0.3) is 0 Å². The Kier molecular flexibility index (Phi) is 2.93. The first-order valence-electron chi connectivity index (χ1n) is 5.95. The Morgan fingerprint density at radius 1 is 1.00 bits per heavy atom. The summed E-state index contributed by atoms with van der Waals surface area (Å²) < 4.78 is 13.2. The van der Waals surface area contributed by atoms with Gasteiger partial charge in [0.2, 0.25) is 0 Å². The number of nitrogens with zero attached hydrogens (tertiary/aromatic N) is 2. The van der Waals surface area contributed by atoms with Crippen LogP contribution in [0.5, 0.6) is 0 Å². The number of benzene rings is 1. The Hall–Kier alpha value is -2.33. The van der Waals surface area contributed by atoms with E-state index >= 15 is 0 Å². The van der Waals surface area contributed by atoms with Gasteiger partial charge in [-0.05, 0) is 29.3 Å². The Morgan fingerprint density at radius 2 is 1.79 bits per heavy atom. The van der Waals surface area contributed by atoms with Crippen LogP contribution in [0.4, 0.5) is 4.39 Å². The maximum Gasteiger partial charge on any atom is 0.141 e. The van der Waals surface area contributed by atoms with Crippen molar-refractivity contribution < 1.29 is 4.39 Å². The molecule has 3 rings (SSSR count). The van der Waals surface area contributed by atoms with E-state index in [2.05, 4.69) is 9.97 Å². The Balaban J connectivity index is 2.04. The van der Waals surface area contributed by atoms with E-state index in [4.69, 9.17) is 5.73 Å². The monoisotopic (exact) mass is 253 g/mol.